The van der Waals surface area contributed by atoms with Crippen LogP contribution in [0.2, 0.25) is 5.02 Å². The van der Waals surface area contributed by atoms with E-state index in [0.717, 1.165) is 11.3 Å². The number of nitrogens with zero attached hydrogens (tertiary/aromatic N) is 3. The van der Waals surface area contributed by atoms with Gasteiger partial charge in [-0.05, 0) is 24.3 Å². The Labute approximate surface area is 142 Å². The van der Waals surface area contributed by atoms with E-state index < -0.39 is 10.8 Å². The van der Waals surface area contributed by atoms with Gasteiger partial charge in [-0.15, -0.1) is 0 Å². The number of nitro benzene ring substituents is 1. The van der Waals surface area contributed by atoms with Crippen molar-refractivity contribution in [2.45, 2.75) is 6.42 Å². The van der Waals surface area contributed by atoms with Crippen molar-refractivity contribution >= 4 is 28.8 Å². The van der Waals surface area contributed by atoms with Crippen LogP contribution in [0.15, 0.2) is 48.8 Å². The molecule has 0 radical (unpaired) electrons. The molecule has 0 atom stereocenters. The molecule has 0 aliphatic carbocycles. The van der Waals surface area contributed by atoms with Gasteiger partial charge in [0, 0.05) is 36.4 Å². The number of halogens is 1. The largest absolute Gasteiger partial charge is 0.351 e. The van der Waals surface area contributed by atoms with Crippen LogP contribution < -0.4 is 5.32 Å². The highest BCUT2D eigenvalue weighted by atomic mass is 35.5. The molecule has 24 heavy (non-hydrogen) atoms. The molecule has 122 valence electrons. The van der Waals surface area contributed by atoms with E-state index in [1.54, 1.807) is 0 Å². The fraction of sp³-hybridized carbons (Fsp3) is 0.125. The van der Waals surface area contributed by atoms with Crippen molar-refractivity contribution < 1.29 is 9.72 Å². The van der Waals surface area contributed by atoms with Gasteiger partial charge in [-0.25, -0.2) is 4.98 Å². The summed E-state index contributed by atoms with van der Waals surface area (Å²) in [6.45, 7) is 0.312. The van der Waals surface area contributed by atoms with Crippen LogP contribution in [-0.2, 0) is 6.42 Å². The molecule has 0 spiro atoms. The zero-order valence-corrected chi connectivity index (χ0v) is 13.2. The summed E-state index contributed by atoms with van der Waals surface area (Å²) >= 11 is 5.83. The van der Waals surface area contributed by atoms with Gasteiger partial charge in [0.2, 0.25) is 0 Å². The normalized spacial score (nSPS) is 10.7. The third-order valence-corrected chi connectivity index (χ3v) is 3.72. The lowest BCUT2D eigenvalue weighted by molar-refractivity contribution is -0.385. The number of nitrogens with one attached hydrogen (secondary N) is 1. The molecule has 3 rings (SSSR count). The van der Waals surface area contributed by atoms with E-state index in [1.165, 1.54) is 18.2 Å². The minimum Gasteiger partial charge on any atom is -0.351 e. The summed E-state index contributed by atoms with van der Waals surface area (Å²) in [5.41, 5.74) is 1.32. The number of nitro groups is 1. The van der Waals surface area contributed by atoms with E-state index in [9.17, 15) is 14.9 Å². The number of benzene rings is 1. The van der Waals surface area contributed by atoms with Crippen molar-refractivity contribution in [1.82, 2.24) is 14.7 Å². The zero-order valence-electron chi connectivity index (χ0n) is 12.5. The van der Waals surface area contributed by atoms with E-state index >= 15 is 0 Å². The van der Waals surface area contributed by atoms with Gasteiger partial charge in [0.05, 0.1) is 10.6 Å². The molecule has 0 fully saturated rings. The molecule has 0 aliphatic heterocycles. The van der Waals surface area contributed by atoms with Gasteiger partial charge in [-0.1, -0.05) is 17.7 Å². The van der Waals surface area contributed by atoms with Crippen molar-refractivity contribution in [3.8, 4) is 0 Å². The number of hydrogen-bond donors (Lipinski definition) is 1. The summed E-state index contributed by atoms with van der Waals surface area (Å²) in [6, 6.07) is 9.58. The first-order chi connectivity index (χ1) is 11.5. The summed E-state index contributed by atoms with van der Waals surface area (Å²) in [7, 11) is 0. The number of amides is 1. The third kappa shape index (κ3) is 3.36. The standard InChI is InChI=1S/C16H13ClN4O3/c17-11-4-5-14(21(23)24)13(9-11)16(22)18-7-6-12-10-20-8-2-1-3-15(20)19-12/h1-5,8-10H,6-7H2,(H,18,22). The Hall–Kier alpha value is -2.93. The Kier molecular flexibility index (Phi) is 4.43. The summed E-state index contributed by atoms with van der Waals surface area (Å²) < 4.78 is 1.89. The summed E-state index contributed by atoms with van der Waals surface area (Å²) in [5, 5.41) is 13.9. The van der Waals surface area contributed by atoms with Crippen molar-refractivity contribution in [2.75, 3.05) is 6.54 Å². The Balaban J connectivity index is 1.67. The maximum absolute atomic E-state index is 12.2. The fourth-order valence-corrected chi connectivity index (χ4v) is 2.53. The molecule has 3 aromatic rings. The van der Waals surface area contributed by atoms with Gasteiger partial charge in [0.25, 0.3) is 11.6 Å². The van der Waals surface area contributed by atoms with Gasteiger partial charge in [-0.2, -0.15) is 0 Å². The average Bonchev–Trinajstić information content (AvgIpc) is 2.97. The monoisotopic (exact) mass is 344 g/mol. The Morgan fingerprint density at radius 2 is 2.17 bits per heavy atom. The molecular formula is C16H13ClN4O3. The smallest absolute Gasteiger partial charge is 0.282 e. The van der Waals surface area contributed by atoms with Crippen molar-refractivity contribution in [3.05, 3.63) is 75.2 Å². The third-order valence-electron chi connectivity index (χ3n) is 3.48. The topological polar surface area (TPSA) is 89.5 Å². The second-order valence-electron chi connectivity index (χ2n) is 5.12. The molecular weight excluding hydrogens is 332 g/mol. The lowest BCUT2D eigenvalue weighted by Crippen LogP contribution is -2.26. The summed E-state index contributed by atoms with van der Waals surface area (Å²) in [4.78, 5) is 27.0. The first-order valence-electron chi connectivity index (χ1n) is 7.19. The maximum Gasteiger partial charge on any atom is 0.282 e. The molecule has 0 unspecified atom stereocenters. The van der Waals surface area contributed by atoms with Crippen LogP contribution in [0.5, 0.6) is 0 Å². The highest BCUT2D eigenvalue weighted by Crippen LogP contribution is 2.22. The summed E-state index contributed by atoms with van der Waals surface area (Å²) in [5.74, 6) is -0.534. The number of fused-ring (bicyclic) bond motifs is 1. The predicted molar refractivity (Wildman–Crippen MR) is 89.3 cm³/mol. The number of aromatic nitrogens is 2. The number of imidazole rings is 1. The number of carbonyl (C=O) groups is 1. The van der Waals surface area contributed by atoms with Crippen molar-refractivity contribution in [3.63, 3.8) is 0 Å². The van der Waals surface area contributed by atoms with Crippen molar-refractivity contribution in [1.29, 1.82) is 0 Å². The van der Waals surface area contributed by atoms with Gasteiger partial charge in [0.15, 0.2) is 0 Å². The number of hydrogen-bond acceptors (Lipinski definition) is 4. The first-order valence-corrected chi connectivity index (χ1v) is 7.57. The average molecular weight is 345 g/mol. The molecule has 0 saturated heterocycles. The van der Waals surface area contributed by atoms with E-state index in [-0.39, 0.29) is 16.3 Å². The maximum atomic E-state index is 12.2. The number of pyridine rings is 1. The fourth-order valence-electron chi connectivity index (χ4n) is 2.36. The lowest BCUT2D eigenvalue weighted by Gasteiger charge is -2.05. The van der Waals surface area contributed by atoms with Crippen LogP contribution in [0.3, 0.4) is 0 Å². The van der Waals surface area contributed by atoms with Crippen LogP contribution in [0.25, 0.3) is 5.65 Å². The second-order valence-corrected chi connectivity index (χ2v) is 5.56. The molecule has 1 aromatic carbocycles. The minimum atomic E-state index is -0.604. The quantitative estimate of drug-likeness (QED) is 0.569. The number of rotatable bonds is 5. The molecule has 2 heterocycles. The SMILES string of the molecule is O=C(NCCc1cn2ccccc2n1)c1cc(Cl)ccc1[N+](=O)[O-]. The molecule has 7 nitrogen and oxygen atoms in total. The van der Waals surface area contributed by atoms with E-state index in [2.05, 4.69) is 10.3 Å². The molecule has 0 aliphatic rings. The molecule has 1 N–H and O–H groups in total. The predicted octanol–water partition coefficient (Wildman–Crippen LogP) is 2.87. The Morgan fingerprint density at radius 1 is 1.33 bits per heavy atom. The van der Waals surface area contributed by atoms with Crippen LogP contribution in [0.1, 0.15) is 16.1 Å². The highest BCUT2D eigenvalue weighted by molar-refractivity contribution is 6.31. The van der Waals surface area contributed by atoms with Gasteiger partial charge in [0.1, 0.15) is 11.2 Å². The van der Waals surface area contributed by atoms with Crippen LogP contribution in [-0.4, -0.2) is 26.8 Å². The zero-order chi connectivity index (χ0) is 17.1. The molecule has 8 heteroatoms. The van der Waals surface area contributed by atoms with Crippen LogP contribution >= 0.6 is 11.6 Å². The summed E-state index contributed by atoms with van der Waals surface area (Å²) in [6.07, 6.45) is 4.28. The Bertz CT molecular complexity index is 890. The molecule has 0 saturated carbocycles. The highest BCUT2D eigenvalue weighted by Gasteiger charge is 2.20. The van der Waals surface area contributed by atoms with Crippen molar-refractivity contribution in [2.24, 2.45) is 0 Å². The van der Waals surface area contributed by atoms with E-state index in [4.69, 9.17) is 11.6 Å². The second kappa shape index (κ2) is 6.67. The minimum absolute atomic E-state index is 0.0532. The van der Waals surface area contributed by atoms with Crippen LogP contribution in [0.4, 0.5) is 5.69 Å². The van der Waals surface area contributed by atoms with Gasteiger partial charge in [-0.3, -0.25) is 14.9 Å². The van der Waals surface area contributed by atoms with Crippen LogP contribution in [0, 0.1) is 10.1 Å². The van der Waals surface area contributed by atoms with Gasteiger partial charge >= 0.3 is 0 Å². The molecule has 1 amide bonds. The Morgan fingerprint density at radius 3 is 2.92 bits per heavy atom. The first kappa shape index (κ1) is 15.9. The number of carbonyl (C=O) groups excluding carboxylic acids is 1. The van der Waals surface area contributed by atoms with E-state index in [1.807, 2.05) is 35.0 Å². The van der Waals surface area contributed by atoms with E-state index in [0.29, 0.717) is 13.0 Å². The lowest BCUT2D eigenvalue weighted by atomic mass is 10.1. The van der Waals surface area contributed by atoms with Gasteiger partial charge < -0.3 is 9.72 Å². The molecule has 0 bridgehead atoms. The molecule has 2 aromatic heterocycles.